The number of nitrogens with zero attached hydrogens (tertiary/aromatic N) is 4. The summed E-state index contributed by atoms with van der Waals surface area (Å²) in [7, 11) is 0. The average Bonchev–Trinajstić information content (AvgIpc) is 2.57. The van der Waals surface area contributed by atoms with E-state index in [4.69, 9.17) is 5.73 Å². The van der Waals surface area contributed by atoms with Crippen molar-refractivity contribution in [2.45, 2.75) is 19.3 Å². The van der Waals surface area contributed by atoms with Crippen LogP contribution in [0.2, 0.25) is 0 Å². The molecule has 7 heteroatoms. The van der Waals surface area contributed by atoms with Gasteiger partial charge < -0.3 is 11.1 Å². The van der Waals surface area contributed by atoms with E-state index >= 15 is 0 Å². The van der Waals surface area contributed by atoms with Crippen molar-refractivity contribution < 1.29 is 4.79 Å². The topological polar surface area (TPSA) is 97.0 Å². The molecule has 1 aliphatic heterocycles. The summed E-state index contributed by atoms with van der Waals surface area (Å²) in [6.45, 7) is 2.21. The zero-order valence-electron chi connectivity index (χ0n) is 13.6. The first-order valence-corrected chi connectivity index (χ1v) is 8.18. The number of aromatic nitrogens is 3. The van der Waals surface area contributed by atoms with Gasteiger partial charge in [-0.15, -0.1) is 0 Å². The fourth-order valence-corrected chi connectivity index (χ4v) is 3.02. The van der Waals surface area contributed by atoms with Crippen molar-refractivity contribution in [3.63, 3.8) is 0 Å². The summed E-state index contributed by atoms with van der Waals surface area (Å²) >= 11 is 0. The van der Waals surface area contributed by atoms with Crippen molar-refractivity contribution >= 4 is 17.5 Å². The lowest BCUT2D eigenvalue weighted by atomic mass is 9.92. The Labute approximate surface area is 141 Å². The van der Waals surface area contributed by atoms with Gasteiger partial charge in [0.05, 0.1) is 12.7 Å². The van der Waals surface area contributed by atoms with E-state index in [0.717, 1.165) is 43.9 Å². The van der Waals surface area contributed by atoms with Crippen LogP contribution >= 0.6 is 0 Å². The molecule has 1 fully saturated rings. The molecule has 1 saturated heterocycles. The monoisotopic (exact) mass is 326 g/mol. The van der Waals surface area contributed by atoms with E-state index < -0.39 is 0 Å². The number of nitrogens with one attached hydrogen (secondary N) is 1. The Hall–Kier alpha value is -2.54. The minimum atomic E-state index is -0.252. The van der Waals surface area contributed by atoms with Crippen LogP contribution in [0.1, 0.15) is 18.5 Å². The van der Waals surface area contributed by atoms with Crippen molar-refractivity contribution in [2.75, 3.05) is 25.0 Å². The van der Waals surface area contributed by atoms with Crippen LogP contribution in [0.4, 0.5) is 11.6 Å². The third kappa shape index (κ3) is 4.73. The van der Waals surface area contributed by atoms with Gasteiger partial charge in [-0.2, -0.15) is 0 Å². The van der Waals surface area contributed by atoms with Gasteiger partial charge in [-0.25, -0.2) is 9.97 Å². The van der Waals surface area contributed by atoms with Crippen LogP contribution in [0.25, 0.3) is 0 Å². The van der Waals surface area contributed by atoms with Crippen LogP contribution in [-0.4, -0.2) is 45.4 Å². The van der Waals surface area contributed by atoms with E-state index in [1.165, 1.54) is 0 Å². The Morgan fingerprint density at radius 2 is 2.08 bits per heavy atom. The van der Waals surface area contributed by atoms with E-state index in [1.807, 2.05) is 12.1 Å². The van der Waals surface area contributed by atoms with Crippen molar-refractivity contribution in [1.82, 2.24) is 19.9 Å². The summed E-state index contributed by atoms with van der Waals surface area (Å²) in [5.74, 6) is 1.80. The number of pyridine rings is 1. The second kappa shape index (κ2) is 7.83. The second-order valence-electron chi connectivity index (χ2n) is 6.12. The van der Waals surface area contributed by atoms with Gasteiger partial charge in [0, 0.05) is 18.1 Å². The molecule has 3 N–H and O–H groups in total. The number of rotatable bonds is 6. The fourth-order valence-electron chi connectivity index (χ4n) is 3.02. The van der Waals surface area contributed by atoms with Crippen molar-refractivity contribution in [2.24, 2.45) is 11.7 Å². The lowest BCUT2D eigenvalue weighted by molar-refractivity contribution is -0.119. The molecule has 1 aliphatic rings. The molecule has 2 aromatic rings. The van der Waals surface area contributed by atoms with Crippen LogP contribution in [-0.2, 0) is 11.2 Å². The standard InChI is InChI=1S/C17H22N6O/c18-15(24)12-23-8-4-13(5-9-23)10-14-2-1-3-16(21-14)22-17-11-19-6-7-20-17/h1-3,6-7,11,13H,4-5,8-10,12H2,(H2,18,24)(H,20,21,22). The van der Waals surface area contributed by atoms with Gasteiger partial charge in [-0.1, -0.05) is 6.07 Å². The molecular formula is C17H22N6O. The first kappa shape index (κ1) is 16.3. The van der Waals surface area contributed by atoms with E-state index in [1.54, 1.807) is 18.6 Å². The zero-order valence-corrected chi connectivity index (χ0v) is 13.6. The number of hydrogen-bond acceptors (Lipinski definition) is 6. The molecule has 0 aromatic carbocycles. The van der Waals surface area contributed by atoms with Gasteiger partial charge in [0.25, 0.3) is 0 Å². The lowest BCUT2D eigenvalue weighted by Crippen LogP contribution is -2.39. The molecular weight excluding hydrogens is 304 g/mol. The first-order chi connectivity index (χ1) is 11.7. The molecule has 126 valence electrons. The Kier molecular flexibility index (Phi) is 5.32. The summed E-state index contributed by atoms with van der Waals surface area (Å²) in [5, 5.41) is 3.17. The third-order valence-corrected chi connectivity index (χ3v) is 4.21. The van der Waals surface area contributed by atoms with E-state index in [9.17, 15) is 4.79 Å². The highest BCUT2D eigenvalue weighted by Gasteiger charge is 2.20. The average molecular weight is 326 g/mol. The molecule has 0 atom stereocenters. The molecule has 0 bridgehead atoms. The molecule has 1 amide bonds. The first-order valence-electron chi connectivity index (χ1n) is 8.18. The van der Waals surface area contributed by atoms with Crippen LogP contribution < -0.4 is 11.1 Å². The highest BCUT2D eigenvalue weighted by molar-refractivity contribution is 5.75. The fraction of sp³-hybridized carbons (Fsp3) is 0.412. The number of hydrogen-bond donors (Lipinski definition) is 2. The van der Waals surface area contributed by atoms with Gasteiger partial charge in [-0.05, 0) is 50.4 Å². The molecule has 0 radical (unpaired) electrons. The maximum Gasteiger partial charge on any atom is 0.231 e. The SMILES string of the molecule is NC(=O)CN1CCC(Cc2cccc(Nc3cnccn3)n2)CC1. The molecule has 24 heavy (non-hydrogen) atoms. The third-order valence-electron chi connectivity index (χ3n) is 4.21. The van der Waals surface area contributed by atoms with Crippen LogP contribution in [0.3, 0.4) is 0 Å². The highest BCUT2D eigenvalue weighted by Crippen LogP contribution is 2.21. The van der Waals surface area contributed by atoms with Gasteiger partial charge in [0.2, 0.25) is 5.91 Å². The lowest BCUT2D eigenvalue weighted by Gasteiger charge is -2.30. The number of carbonyl (C=O) groups is 1. The minimum absolute atomic E-state index is 0.252. The second-order valence-corrected chi connectivity index (χ2v) is 6.12. The quantitative estimate of drug-likeness (QED) is 0.832. The smallest absolute Gasteiger partial charge is 0.231 e. The Morgan fingerprint density at radius 1 is 1.25 bits per heavy atom. The molecule has 2 aromatic heterocycles. The number of primary amides is 1. The summed E-state index contributed by atoms with van der Waals surface area (Å²) in [5.41, 5.74) is 6.32. The van der Waals surface area contributed by atoms with Gasteiger partial charge >= 0.3 is 0 Å². The molecule has 7 nitrogen and oxygen atoms in total. The van der Waals surface area contributed by atoms with Crippen molar-refractivity contribution in [3.8, 4) is 0 Å². The molecule has 3 rings (SSSR count). The molecule has 0 unspecified atom stereocenters. The Bertz CT molecular complexity index is 670. The normalized spacial score (nSPS) is 16.0. The van der Waals surface area contributed by atoms with Crippen LogP contribution in [0.15, 0.2) is 36.8 Å². The molecule has 0 spiro atoms. The summed E-state index contributed by atoms with van der Waals surface area (Å²) in [4.78, 5) is 26.0. The summed E-state index contributed by atoms with van der Waals surface area (Å²) < 4.78 is 0. The minimum Gasteiger partial charge on any atom is -0.369 e. The van der Waals surface area contributed by atoms with Gasteiger partial charge in [0.15, 0.2) is 0 Å². The number of anilines is 2. The summed E-state index contributed by atoms with van der Waals surface area (Å²) in [6.07, 6.45) is 8.03. The maximum atomic E-state index is 11.0. The molecule has 3 heterocycles. The predicted molar refractivity (Wildman–Crippen MR) is 91.6 cm³/mol. The zero-order chi connectivity index (χ0) is 16.8. The van der Waals surface area contributed by atoms with E-state index in [2.05, 4.69) is 31.2 Å². The number of amides is 1. The predicted octanol–water partition coefficient (Wildman–Crippen LogP) is 1.35. The van der Waals surface area contributed by atoms with Crippen molar-refractivity contribution in [3.05, 3.63) is 42.5 Å². The molecule has 0 saturated carbocycles. The Morgan fingerprint density at radius 3 is 2.79 bits per heavy atom. The van der Waals surface area contributed by atoms with Crippen molar-refractivity contribution in [1.29, 1.82) is 0 Å². The van der Waals surface area contributed by atoms with Crippen LogP contribution in [0, 0.1) is 5.92 Å². The number of piperidine rings is 1. The largest absolute Gasteiger partial charge is 0.369 e. The Balaban J connectivity index is 1.55. The highest BCUT2D eigenvalue weighted by atomic mass is 16.1. The number of carbonyl (C=O) groups excluding carboxylic acids is 1. The van der Waals surface area contributed by atoms with Crippen LogP contribution in [0.5, 0.6) is 0 Å². The maximum absolute atomic E-state index is 11.0. The number of likely N-dealkylation sites (tertiary alicyclic amines) is 1. The van der Waals surface area contributed by atoms with Gasteiger partial charge in [0.1, 0.15) is 11.6 Å². The van der Waals surface area contributed by atoms with E-state index in [0.29, 0.717) is 18.3 Å². The van der Waals surface area contributed by atoms with E-state index in [-0.39, 0.29) is 5.91 Å². The van der Waals surface area contributed by atoms with Gasteiger partial charge in [-0.3, -0.25) is 14.7 Å². The number of nitrogens with two attached hydrogens (primary N) is 1. The summed E-state index contributed by atoms with van der Waals surface area (Å²) in [6, 6.07) is 5.98. The molecule has 0 aliphatic carbocycles.